The number of rotatable bonds is 22. The fourth-order valence-corrected chi connectivity index (χ4v) is 8.38. The van der Waals surface area contributed by atoms with E-state index < -0.39 is 193 Å². The summed E-state index contributed by atoms with van der Waals surface area (Å²) in [6.45, 7) is -1.91. The normalized spacial score (nSPS) is 34.9. The van der Waals surface area contributed by atoms with E-state index in [1.165, 1.54) is 0 Å². The fraction of sp³-hybridized carbons (Fsp3) is 0.711. The maximum absolute atomic E-state index is 12.8. The average molecular weight is 1200 g/mol. The number of aliphatic hydroxyl groups is 7. The number of carboxylic acids is 2. The molecule has 420 valence electrons. The van der Waals surface area contributed by atoms with Gasteiger partial charge in [-0.1, -0.05) is 30.3 Å². The van der Waals surface area contributed by atoms with Crippen molar-refractivity contribution in [2.75, 3.05) is 26.4 Å². The third-order valence-electron chi connectivity index (χ3n) is 11.2. The number of benzene rings is 1. The molecule has 34 nitrogen and oxygen atoms in total. The second kappa shape index (κ2) is 33.9. The van der Waals surface area contributed by atoms with Crippen LogP contribution in [0.2, 0.25) is 0 Å². The number of alkyl carbamates (subject to hydrolysis) is 1. The Bertz CT molecular complexity index is 2330. The molecule has 3 amide bonds. The van der Waals surface area contributed by atoms with E-state index in [-0.39, 0.29) is 131 Å². The van der Waals surface area contributed by atoms with Gasteiger partial charge in [0.2, 0.25) is 32.6 Å². The summed E-state index contributed by atoms with van der Waals surface area (Å²) in [4.78, 5) is 61.8. The molecule has 0 aromatic heterocycles. The zero-order valence-corrected chi connectivity index (χ0v) is 51.8. The Morgan fingerprint density at radius 3 is 1.46 bits per heavy atom. The maximum atomic E-state index is 12.8. The smallest absolute Gasteiger partial charge is 0.726 e. The summed E-state index contributed by atoms with van der Waals surface area (Å²) in [5, 5.41) is 108. The van der Waals surface area contributed by atoms with E-state index in [4.69, 9.17) is 42.6 Å². The molecule has 1 aromatic rings. The van der Waals surface area contributed by atoms with Gasteiger partial charge in [-0.15, -0.1) is 0 Å². The van der Waals surface area contributed by atoms with Gasteiger partial charge in [-0.2, -0.15) is 0 Å². The molecule has 0 unspecified atom stereocenters. The van der Waals surface area contributed by atoms with Crippen molar-refractivity contribution < 1.29 is 265 Å². The summed E-state index contributed by atoms with van der Waals surface area (Å²) >= 11 is 0. The molecule has 4 aliphatic rings. The van der Waals surface area contributed by atoms with E-state index in [9.17, 15) is 95.9 Å². The number of amides is 3. The van der Waals surface area contributed by atoms with E-state index >= 15 is 0 Å². The number of ether oxygens (including phenoxy) is 9. The van der Waals surface area contributed by atoms with E-state index in [1.807, 2.05) is 0 Å². The summed E-state index contributed by atoms with van der Waals surface area (Å²) < 4.78 is 126. The van der Waals surface area contributed by atoms with Crippen LogP contribution in [-0.4, -0.2) is 241 Å². The van der Waals surface area contributed by atoms with Gasteiger partial charge in [-0.3, -0.25) is 18.0 Å². The van der Waals surface area contributed by atoms with Crippen molar-refractivity contribution in [3.8, 4) is 0 Å². The zero-order valence-electron chi connectivity index (χ0n) is 42.2. The van der Waals surface area contributed by atoms with Crippen LogP contribution < -0.4 is 144 Å². The van der Waals surface area contributed by atoms with Crippen molar-refractivity contribution in [3.63, 3.8) is 0 Å². The molecule has 4 aliphatic heterocycles. The van der Waals surface area contributed by atoms with Crippen LogP contribution in [0.15, 0.2) is 30.3 Å². The minimum atomic E-state index is -5.62. The molecule has 40 heteroatoms. The van der Waals surface area contributed by atoms with Crippen molar-refractivity contribution in [1.82, 2.24) is 16.0 Å². The molecule has 5 rings (SSSR count). The second-order valence-corrected chi connectivity index (χ2v) is 18.6. The number of hydrogen-bond acceptors (Lipinski definition) is 31. The monoisotopic (exact) mass is 1200 g/mol. The fourth-order valence-electron chi connectivity index (χ4n) is 7.78. The minimum absolute atomic E-state index is 0. The number of carboxylic acid groups (broad SMARTS) is 2. The van der Waals surface area contributed by atoms with Gasteiger partial charge in [0.1, 0.15) is 104 Å². The van der Waals surface area contributed by atoms with Crippen LogP contribution in [0.25, 0.3) is 0 Å². The molecule has 0 radical (unpaired) electrons. The molecule has 0 saturated carbocycles. The van der Waals surface area contributed by atoms with E-state index in [1.54, 1.807) is 30.3 Å². The summed E-state index contributed by atoms with van der Waals surface area (Å²) in [6, 6.07) is 4.61. The summed E-state index contributed by atoms with van der Waals surface area (Å²) in [5.74, 6) is -6.43. The van der Waals surface area contributed by atoms with Crippen molar-refractivity contribution in [3.05, 3.63) is 35.9 Å². The Morgan fingerprint density at radius 1 is 0.564 bits per heavy atom. The molecule has 0 aliphatic carbocycles. The number of carbonyl (C=O) groups excluding carboxylic acids is 5. The van der Waals surface area contributed by atoms with Crippen LogP contribution in [0.1, 0.15) is 19.4 Å². The molecule has 78 heavy (non-hydrogen) atoms. The molecular weight excluding hydrogens is 1150 g/mol. The third kappa shape index (κ3) is 21.5. The first-order valence-electron chi connectivity index (χ1n) is 21.6. The largest absolute Gasteiger partial charge is 1.00 e. The van der Waals surface area contributed by atoms with Gasteiger partial charge in [0.05, 0.1) is 31.8 Å². The Balaban J connectivity index is 0.00000760. The molecule has 4 saturated heterocycles. The first kappa shape index (κ1) is 75.5. The molecular formula is C38H51N3Na4O31S2. The number of aliphatic carboxylic acids is 2. The summed E-state index contributed by atoms with van der Waals surface area (Å²) in [7, 11) is -11.1. The number of aliphatic hydroxyl groups excluding tert-OH is 7. The van der Waals surface area contributed by atoms with Gasteiger partial charge in [-0.25, -0.2) is 21.6 Å². The predicted octanol–water partition coefficient (Wildman–Crippen LogP) is -23.0. The van der Waals surface area contributed by atoms with Crippen molar-refractivity contribution in [2.24, 2.45) is 0 Å². The SMILES string of the molecule is CC(=O)N[C@H]1[C@H](O[C@H]2[C@H](O)[C@@H](O)[C@H](O[C@H]3[C@@H](O)[C@@H](COS(=O)(=O)[O-])O[C@@H](OCCNC(=O)OCc4ccccc4)[C@@H]3NC(C)=O)O[C@@H]2C(=O)[O-])O[C@H](COS(=O)(=O)[O-])[C@H](O)[C@@H]1O[C@@H]1O[C@H](C(=O)[O-])[C@@H](O)[C@H](O)[C@H]1O.[Na+].[Na+].[Na+].[Na+]. The molecule has 4 fully saturated rings. The van der Waals surface area contributed by atoms with E-state index in [0.29, 0.717) is 5.56 Å². The van der Waals surface area contributed by atoms with Crippen molar-refractivity contribution in [1.29, 1.82) is 0 Å². The van der Waals surface area contributed by atoms with Crippen LogP contribution in [-0.2, 0) is 97.6 Å². The second-order valence-electron chi connectivity index (χ2n) is 16.5. The van der Waals surface area contributed by atoms with Gasteiger partial charge >= 0.3 is 124 Å². The van der Waals surface area contributed by atoms with E-state index in [2.05, 4.69) is 24.3 Å². The van der Waals surface area contributed by atoms with Crippen molar-refractivity contribution in [2.45, 2.75) is 143 Å². The van der Waals surface area contributed by atoms with Gasteiger partial charge in [0.25, 0.3) is 0 Å². The van der Waals surface area contributed by atoms with Crippen molar-refractivity contribution >= 4 is 50.6 Å². The number of carbonyl (C=O) groups is 5. The van der Waals surface area contributed by atoms with Crippen LogP contribution in [0, 0.1) is 0 Å². The Morgan fingerprint density at radius 2 is 1.00 bits per heavy atom. The molecule has 1 aromatic carbocycles. The van der Waals surface area contributed by atoms with Gasteiger partial charge in [0, 0.05) is 20.4 Å². The standard InChI is InChI=1S/C38H55N3O31S2.4Na/c1-13(42)40-18-27(20(44)16(11-64-73(56,57)58)66-34(18)62-9-8-39-38(55)63-10-15-6-4-3-5-7-15)68-37-26(50)24(48)29(31(72-37)33(53)54)70-35-19(41-14(2)43)28(21(45)17(67-35)12-65-74(59,60)61)69-36-25(49)22(46)23(47)30(71-36)32(51)52;;;;/h3-7,16-31,34-37,44-50H,8-12H2,1-2H3,(H,39,55)(H,40,42)(H,41,43)(H,51,52)(H,53,54)(H,56,57,58)(H,59,60,61);;;;/q;4*+1/p-4/t16-,17-,18-,19-,20+,21+,22+,23+,24-,25-,26-,27-,28-,29+,30+,31+,34-,35+,36-,37-;;;;/m1..../s1. The average Bonchev–Trinajstić information content (AvgIpc) is 3.31. The topological polar surface area (TPSA) is 525 Å². The maximum Gasteiger partial charge on any atom is 1.00 e. The zero-order chi connectivity index (χ0) is 55.0. The number of hydrogen-bond donors (Lipinski definition) is 10. The van der Waals surface area contributed by atoms with Crippen LogP contribution in [0.3, 0.4) is 0 Å². The van der Waals surface area contributed by atoms with Gasteiger partial charge in [0.15, 0.2) is 25.2 Å². The van der Waals surface area contributed by atoms with Crippen LogP contribution in [0.5, 0.6) is 0 Å². The van der Waals surface area contributed by atoms with Crippen LogP contribution >= 0.6 is 0 Å². The Kier molecular flexibility index (Phi) is 32.8. The molecule has 20 atom stereocenters. The minimum Gasteiger partial charge on any atom is -0.726 e. The summed E-state index contributed by atoms with van der Waals surface area (Å²) in [5.41, 5.74) is 0.642. The summed E-state index contributed by atoms with van der Waals surface area (Å²) in [6.07, 6.45) is -43.1. The molecule has 10 N–H and O–H groups in total. The quantitative estimate of drug-likeness (QED) is 0.0223. The predicted molar refractivity (Wildman–Crippen MR) is 218 cm³/mol. The van der Waals surface area contributed by atoms with Gasteiger partial charge < -0.3 is 123 Å². The molecule has 0 bridgehead atoms. The van der Waals surface area contributed by atoms with Crippen LogP contribution in [0.4, 0.5) is 4.79 Å². The molecule has 0 spiro atoms. The number of nitrogens with one attached hydrogen (secondary N) is 3. The van der Waals surface area contributed by atoms with Gasteiger partial charge in [-0.05, 0) is 5.56 Å². The first-order valence-corrected chi connectivity index (χ1v) is 24.3. The Hall–Kier alpha value is -0.490. The Labute approximate surface area is 531 Å². The first-order chi connectivity index (χ1) is 34.6. The molecule has 4 heterocycles. The third-order valence-corrected chi connectivity index (χ3v) is 12.0. The van der Waals surface area contributed by atoms with E-state index in [0.717, 1.165) is 13.8 Å².